The van der Waals surface area contributed by atoms with Crippen LogP contribution in [0.1, 0.15) is 44.3 Å². The van der Waals surface area contributed by atoms with Crippen LogP contribution in [-0.4, -0.2) is 31.1 Å². The van der Waals surface area contributed by atoms with Gasteiger partial charge in [-0.3, -0.25) is 0 Å². The molecule has 0 spiro atoms. The summed E-state index contributed by atoms with van der Waals surface area (Å²) in [6, 6.07) is 6.40. The summed E-state index contributed by atoms with van der Waals surface area (Å²) in [6.45, 7) is 2.14. The Hall–Kier alpha value is -0.560. The Balaban J connectivity index is 2.07. The normalized spacial score (nSPS) is 19.6. The zero-order valence-electron chi connectivity index (χ0n) is 12.5. The van der Waals surface area contributed by atoms with Gasteiger partial charge in [-0.1, -0.05) is 25.0 Å². The highest BCUT2D eigenvalue weighted by Crippen LogP contribution is 2.39. The lowest BCUT2D eigenvalue weighted by Gasteiger charge is -2.26. The fourth-order valence-corrected chi connectivity index (χ4v) is 4.84. The average Bonchev–Trinajstić information content (AvgIpc) is 2.95. The molecule has 1 fully saturated rings. The van der Waals surface area contributed by atoms with Crippen molar-refractivity contribution in [1.82, 2.24) is 4.72 Å². The van der Waals surface area contributed by atoms with Crippen LogP contribution in [0, 0.1) is 0 Å². The average molecular weight is 329 g/mol. The summed E-state index contributed by atoms with van der Waals surface area (Å²) < 4.78 is 27.5. The molecule has 118 valence electrons. The molecule has 21 heavy (non-hydrogen) atoms. The van der Waals surface area contributed by atoms with Crippen LogP contribution in [0.4, 0.5) is 0 Å². The van der Waals surface area contributed by atoms with Crippen LogP contribution in [0.3, 0.4) is 0 Å². The van der Waals surface area contributed by atoms with E-state index in [-0.39, 0.29) is 9.64 Å². The molecule has 0 aromatic heterocycles. The van der Waals surface area contributed by atoms with E-state index in [1.54, 1.807) is 43.0 Å². The zero-order valence-corrected chi connectivity index (χ0v) is 14.1. The first-order chi connectivity index (χ1) is 9.88. The number of sulfonamides is 1. The van der Waals surface area contributed by atoms with Gasteiger partial charge in [0.05, 0.1) is 11.0 Å². The maximum Gasteiger partial charge on any atom is 0.240 e. The highest BCUT2D eigenvalue weighted by Gasteiger charge is 2.34. The third-order valence-corrected chi connectivity index (χ3v) is 7.04. The van der Waals surface area contributed by atoms with Gasteiger partial charge in [0.15, 0.2) is 0 Å². The predicted octanol–water partition coefficient (Wildman–Crippen LogP) is 2.69. The van der Waals surface area contributed by atoms with Crippen molar-refractivity contribution in [1.29, 1.82) is 0 Å². The molecular formula is C15H23NO3S2. The standard InChI is InChI=1S/C15H23NO3S2/c1-12(17)13-5-7-14(8-6-13)21(18,19)16-11-15(20-2)9-3-4-10-15/h5-8,12,16-17H,3-4,9-11H2,1-2H3. The third-order valence-electron chi connectivity index (χ3n) is 4.20. The molecule has 1 atom stereocenters. The van der Waals surface area contributed by atoms with E-state index < -0.39 is 16.1 Å². The Kier molecular flexibility index (Phi) is 5.35. The van der Waals surface area contributed by atoms with Crippen LogP contribution in [0.5, 0.6) is 0 Å². The lowest BCUT2D eigenvalue weighted by molar-refractivity contribution is 0.199. The van der Waals surface area contributed by atoms with Crippen LogP contribution in [-0.2, 0) is 10.0 Å². The van der Waals surface area contributed by atoms with Gasteiger partial charge >= 0.3 is 0 Å². The van der Waals surface area contributed by atoms with Crippen molar-refractivity contribution in [3.05, 3.63) is 29.8 Å². The molecule has 4 nitrogen and oxygen atoms in total. The molecule has 0 radical (unpaired) electrons. The maximum absolute atomic E-state index is 12.3. The highest BCUT2D eigenvalue weighted by atomic mass is 32.2. The lowest BCUT2D eigenvalue weighted by atomic mass is 10.1. The van der Waals surface area contributed by atoms with E-state index in [2.05, 4.69) is 11.0 Å². The zero-order chi connectivity index (χ0) is 15.5. The van der Waals surface area contributed by atoms with E-state index >= 15 is 0 Å². The van der Waals surface area contributed by atoms with Gasteiger partial charge in [-0.15, -0.1) is 0 Å². The second-order valence-corrected chi connectivity index (χ2v) is 8.71. The van der Waals surface area contributed by atoms with Crippen LogP contribution < -0.4 is 4.72 Å². The van der Waals surface area contributed by atoms with Crippen LogP contribution in [0.25, 0.3) is 0 Å². The minimum Gasteiger partial charge on any atom is -0.389 e. The van der Waals surface area contributed by atoms with E-state index in [1.807, 2.05) is 0 Å². The van der Waals surface area contributed by atoms with Gasteiger partial charge < -0.3 is 5.11 Å². The predicted molar refractivity (Wildman–Crippen MR) is 87.0 cm³/mol. The van der Waals surface area contributed by atoms with E-state index in [1.165, 1.54) is 12.8 Å². The largest absolute Gasteiger partial charge is 0.389 e. The molecule has 0 heterocycles. The van der Waals surface area contributed by atoms with Gasteiger partial charge in [-0.25, -0.2) is 13.1 Å². The smallest absolute Gasteiger partial charge is 0.240 e. The second kappa shape index (κ2) is 6.69. The minimum atomic E-state index is -3.48. The number of aliphatic hydroxyl groups is 1. The molecular weight excluding hydrogens is 306 g/mol. The fourth-order valence-electron chi connectivity index (χ4n) is 2.71. The van der Waals surface area contributed by atoms with Gasteiger partial charge in [0.1, 0.15) is 0 Å². The Morgan fingerprint density at radius 1 is 1.29 bits per heavy atom. The molecule has 1 unspecified atom stereocenters. The summed E-state index contributed by atoms with van der Waals surface area (Å²) in [6.07, 6.45) is 5.94. The van der Waals surface area contributed by atoms with Gasteiger partial charge in [0, 0.05) is 11.3 Å². The summed E-state index contributed by atoms with van der Waals surface area (Å²) in [4.78, 5) is 0.251. The van der Waals surface area contributed by atoms with Crippen molar-refractivity contribution >= 4 is 21.8 Å². The van der Waals surface area contributed by atoms with E-state index in [9.17, 15) is 13.5 Å². The van der Waals surface area contributed by atoms with Crippen molar-refractivity contribution in [2.24, 2.45) is 0 Å². The Labute approximate surface area is 131 Å². The first kappa shape index (κ1) is 16.8. The maximum atomic E-state index is 12.3. The number of rotatable bonds is 6. The second-order valence-electron chi connectivity index (χ2n) is 5.66. The first-order valence-corrected chi connectivity index (χ1v) is 9.92. The molecule has 1 saturated carbocycles. The number of nitrogens with one attached hydrogen (secondary N) is 1. The Morgan fingerprint density at radius 3 is 2.33 bits per heavy atom. The molecule has 0 bridgehead atoms. The van der Waals surface area contributed by atoms with Gasteiger partial charge in [0.25, 0.3) is 0 Å². The van der Waals surface area contributed by atoms with E-state index in [4.69, 9.17) is 0 Å². The highest BCUT2D eigenvalue weighted by molar-refractivity contribution is 8.00. The summed E-state index contributed by atoms with van der Waals surface area (Å²) in [5.74, 6) is 0. The minimum absolute atomic E-state index is 0.0482. The van der Waals surface area contributed by atoms with Crippen molar-refractivity contribution < 1.29 is 13.5 Å². The number of aliphatic hydroxyl groups excluding tert-OH is 1. The van der Waals surface area contributed by atoms with Crippen LogP contribution in [0.2, 0.25) is 0 Å². The first-order valence-electron chi connectivity index (χ1n) is 7.21. The summed E-state index contributed by atoms with van der Waals surface area (Å²) in [7, 11) is -3.48. The molecule has 1 aliphatic carbocycles. The number of benzene rings is 1. The summed E-state index contributed by atoms with van der Waals surface area (Å²) in [5, 5.41) is 9.46. The third kappa shape index (κ3) is 4.00. The SMILES string of the molecule is CSC1(CNS(=O)(=O)c2ccc(C(C)O)cc2)CCCC1. The van der Waals surface area contributed by atoms with Crippen molar-refractivity contribution in [3.8, 4) is 0 Å². The van der Waals surface area contributed by atoms with Crippen molar-refractivity contribution in [2.45, 2.75) is 48.4 Å². The number of thioether (sulfide) groups is 1. The summed E-state index contributed by atoms with van der Waals surface area (Å²) in [5.41, 5.74) is 0.713. The molecule has 0 saturated heterocycles. The molecule has 1 aromatic rings. The molecule has 1 aliphatic rings. The molecule has 6 heteroatoms. The van der Waals surface area contributed by atoms with Crippen LogP contribution in [0.15, 0.2) is 29.2 Å². The fraction of sp³-hybridized carbons (Fsp3) is 0.600. The van der Waals surface area contributed by atoms with E-state index in [0.29, 0.717) is 12.1 Å². The number of hydrogen-bond acceptors (Lipinski definition) is 4. The number of hydrogen-bond donors (Lipinski definition) is 2. The topological polar surface area (TPSA) is 66.4 Å². The van der Waals surface area contributed by atoms with Gasteiger partial charge in [-0.05, 0) is 43.7 Å². The Morgan fingerprint density at radius 2 is 1.86 bits per heavy atom. The quantitative estimate of drug-likeness (QED) is 0.842. The van der Waals surface area contributed by atoms with Crippen LogP contribution >= 0.6 is 11.8 Å². The lowest BCUT2D eigenvalue weighted by Crippen LogP contribution is -2.38. The van der Waals surface area contributed by atoms with Crippen molar-refractivity contribution in [2.75, 3.05) is 12.8 Å². The molecule has 1 aromatic carbocycles. The monoisotopic (exact) mass is 329 g/mol. The molecule has 0 aliphatic heterocycles. The van der Waals surface area contributed by atoms with Gasteiger partial charge in [0.2, 0.25) is 10.0 Å². The van der Waals surface area contributed by atoms with E-state index in [0.717, 1.165) is 12.8 Å². The molecule has 0 amide bonds. The Bertz CT molecular complexity index is 561. The molecule has 2 N–H and O–H groups in total. The van der Waals surface area contributed by atoms with Gasteiger partial charge in [-0.2, -0.15) is 11.8 Å². The summed E-state index contributed by atoms with van der Waals surface area (Å²) >= 11 is 1.76. The molecule has 2 rings (SSSR count). The van der Waals surface area contributed by atoms with Crippen molar-refractivity contribution in [3.63, 3.8) is 0 Å².